The minimum absolute atomic E-state index is 0.223. The molecule has 1 N–H and O–H groups in total. The van der Waals surface area contributed by atoms with Crippen molar-refractivity contribution >= 4 is 11.8 Å². The van der Waals surface area contributed by atoms with Gasteiger partial charge < -0.3 is 5.32 Å². The summed E-state index contributed by atoms with van der Waals surface area (Å²) >= 11 is 1.85. The first kappa shape index (κ1) is 13.7. The molecule has 0 saturated carbocycles. The molecule has 0 bridgehead atoms. The van der Waals surface area contributed by atoms with E-state index in [4.69, 9.17) is 0 Å². The molecule has 1 aliphatic heterocycles. The first-order chi connectivity index (χ1) is 8.47. The highest BCUT2D eigenvalue weighted by Crippen LogP contribution is 2.30. The fourth-order valence-corrected chi connectivity index (χ4v) is 3.17. The smallest absolute Gasteiger partial charge is 0.309 e. The van der Waals surface area contributed by atoms with Crippen LogP contribution in [0.3, 0.4) is 0 Å². The van der Waals surface area contributed by atoms with Gasteiger partial charge in [0.1, 0.15) is 0 Å². The normalized spacial score (nSPS) is 21.2. The van der Waals surface area contributed by atoms with E-state index in [2.05, 4.69) is 10.4 Å². The summed E-state index contributed by atoms with van der Waals surface area (Å²) in [5.41, 5.74) is -0.554. The zero-order valence-corrected chi connectivity index (χ0v) is 10.9. The van der Waals surface area contributed by atoms with Gasteiger partial charge >= 0.3 is 6.18 Å². The maximum atomic E-state index is 12.7. The van der Waals surface area contributed by atoms with Crippen molar-refractivity contribution in [2.24, 2.45) is 7.05 Å². The number of thioether (sulfide) groups is 1. The third kappa shape index (κ3) is 3.41. The van der Waals surface area contributed by atoms with E-state index >= 15 is 0 Å². The van der Waals surface area contributed by atoms with Gasteiger partial charge in [0.05, 0.1) is 0 Å². The molecule has 1 saturated heterocycles. The van der Waals surface area contributed by atoms with Crippen LogP contribution in [0.4, 0.5) is 13.2 Å². The highest BCUT2D eigenvalue weighted by molar-refractivity contribution is 7.99. The summed E-state index contributed by atoms with van der Waals surface area (Å²) in [4.78, 5) is 0. The van der Waals surface area contributed by atoms with E-state index in [-0.39, 0.29) is 12.1 Å². The minimum atomic E-state index is -4.38. The van der Waals surface area contributed by atoms with E-state index in [0.717, 1.165) is 24.3 Å². The largest absolute Gasteiger partial charge is 0.435 e. The Morgan fingerprint density at radius 1 is 1.56 bits per heavy atom. The number of nitrogens with one attached hydrogen (secondary N) is 1. The van der Waals surface area contributed by atoms with Gasteiger partial charge in [-0.15, -0.1) is 0 Å². The van der Waals surface area contributed by atoms with Gasteiger partial charge in [-0.05, 0) is 18.6 Å². The summed E-state index contributed by atoms with van der Waals surface area (Å²) in [6.45, 7) is 0.230. The molecule has 0 unspecified atom stereocenters. The van der Waals surface area contributed by atoms with Crippen molar-refractivity contribution < 1.29 is 13.2 Å². The van der Waals surface area contributed by atoms with Crippen LogP contribution in [-0.2, 0) is 19.8 Å². The Morgan fingerprint density at radius 3 is 2.94 bits per heavy atom. The van der Waals surface area contributed by atoms with E-state index in [1.54, 1.807) is 0 Å². The Morgan fingerprint density at radius 2 is 2.33 bits per heavy atom. The lowest BCUT2D eigenvalue weighted by molar-refractivity contribution is -0.142. The Labute approximate surface area is 108 Å². The SMILES string of the molecule is Cn1cc(CN[C@H]2CCCSC2)c(C(F)(F)F)n1. The number of alkyl halides is 3. The van der Waals surface area contributed by atoms with Crippen LogP contribution in [-0.4, -0.2) is 27.3 Å². The fraction of sp³-hybridized carbons (Fsp3) is 0.727. The molecule has 1 aromatic rings. The summed E-state index contributed by atoms with van der Waals surface area (Å²) < 4.78 is 39.4. The molecule has 2 rings (SSSR count). The number of nitrogens with zero attached hydrogens (tertiary/aromatic N) is 2. The second-order valence-corrected chi connectivity index (χ2v) is 5.62. The van der Waals surface area contributed by atoms with Crippen molar-refractivity contribution in [1.82, 2.24) is 15.1 Å². The molecule has 1 aromatic heterocycles. The molecule has 7 heteroatoms. The molecule has 0 radical (unpaired) electrons. The van der Waals surface area contributed by atoms with Crippen molar-refractivity contribution in [2.75, 3.05) is 11.5 Å². The van der Waals surface area contributed by atoms with Gasteiger partial charge in [0.2, 0.25) is 0 Å². The molecule has 0 aliphatic carbocycles. The summed E-state index contributed by atoms with van der Waals surface area (Å²) in [6, 6.07) is 0.310. The van der Waals surface area contributed by atoms with Crippen LogP contribution < -0.4 is 5.32 Å². The van der Waals surface area contributed by atoms with Crippen LogP contribution in [0.2, 0.25) is 0 Å². The first-order valence-corrected chi connectivity index (χ1v) is 7.03. The molecule has 102 valence electrons. The van der Waals surface area contributed by atoms with E-state index in [9.17, 15) is 13.2 Å². The van der Waals surface area contributed by atoms with Crippen LogP contribution in [0.5, 0.6) is 0 Å². The van der Waals surface area contributed by atoms with Gasteiger partial charge in [0, 0.05) is 37.1 Å². The summed E-state index contributed by atoms with van der Waals surface area (Å²) in [7, 11) is 1.51. The lowest BCUT2D eigenvalue weighted by atomic mass is 10.1. The van der Waals surface area contributed by atoms with E-state index in [1.807, 2.05) is 11.8 Å². The topological polar surface area (TPSA) is 29.9 Å². The van der Waals surface area contributed by atoms with Crippen LogP contribution in [0.25, 0.3) is 0 Å². The van der Waals surface area contributed by atoms with Crippen LogP contribution >= 0.6 is 11.8 Å². The van der Waals surface area contributed by atoms with Crippen LogP contribution in [0, 0.1) is 0 Å². The van der Waals surface area contributed by atoms with Crippen molar-refractivity contribution in [3.05, 3.63) is 17.5 Å². The Bertz CT molecular complexity index is 397. The number of halogens is 3. The fourth-order valence-electron chi connectivity index (χ4n) is 2.06. The second-order valence-electron chi connectivity index (χ2n) is 4.47. The van der Waals surface area contributed by atoms with E-state index in [0.29, 0.717) is 6.04 Å². The molecule has 1 fully saturated rings. The van der Waals surface area contributed by atoms with Crippen molar-refractivity contribution in [3.63, 3.8) is 0 Å². The maximum Gasteiger partial charge on any atom is 0.435 e. The molecule has 0 spiro atoms. The quantitative estimate of drug-likeness (QED) is 0.921. The van der Waals surface area contributed by atoms with Crippen molar-refractivity contribution in [3.8, 4) is 0 Å². The van der Waals surface area contributed by atoms with Gasteiger partial charge in [0.25, 0.3) is 0 Å². The monoisotopic (exact) mass is 279 g/mol. The van der Waals surface area contributed by atoms with Gasteiger partial charge in [0.15, 0.2) is 5.69 Å². The van der Waals surface area contributed by atoms with Gasteiger partial charge in [-0.2, -0.15) is 30.0 Å². The van der Waals surface area contributed by atoms with Crippen molar-refractivity contribution in [1.29, 1.82) is 0 Å². The molecule has 3 nitrogen and oxygen atoms in total. The standard InChI is InChI=1S/C11H16F3N3S/c1-17-6-8(10(16-17)11(12,13)14)5-15-9-3-2-4-18-7-9/h6,9,15H,2-5,7H2,1H3/t9-/m0/s1. The average Bonchev–Trinajstić information content (AvgIpc) is 2.69. The number of aromatic nitrogens is 2. The van der Waals surface area contributed by atoms with Crippen molar-refractivity contribution in [2.45, 2.75) is 31.6 Å². The number of hydrogen-bond donors (Lipinski definition) is 1. The predicted molar refractivity (Wildman–Crippen MR) is 65.4 cm³/mol. The lowest BCUT2D eigenvalue weighted by Crippen LogP contribution is -2.33. The minimum Gasteiger partial charge on any atom is -0.309 e. The second kappa shape index (κ2) is 5.52. The van der Waals surface area contributed by atoms with Crippen LogP contribution in [0.1, 0.15) is 24.1 Å². The number of aryl methyl sites for hydroxylation is 1. The molecule has 0 aromatic carbocycles. The molecule has 2 heterocycles. The third-order valence-electron chi connectivity index (χ3n) is 2.91. The predicted octanol–water partition coefficient (Wildman–Crippen LogP) is 2.42. The summed E-state index contributed by atoms with van der Waals surface area (Å²) in [5.74, 6) is 2.13. The zero-order valence-electron chi connectivity index (χ0n) is 10.1. The summed E-state index contributed by atoms with van der Waals surface area (Å²) in [6.07, 6.45) is -0.776. The van der Waals surface area contributed by atoms with Gasteiger partial charge in [-0.1, -0.05) is 0 Å². The molecular formula is C11H16F3N3S. The number of rotatable bonds is 3. The summed E-state index contributed by atoms with van der Waals surface area (Å²) in [5, 5.41) is 6.68. The van der Waals surface area contributed by atoms with Gasteiger partial charge in [-0.25, -0.2) is 0 Å². The van der Waals surface area contributed by atoms with Crippen LogP contribution in [0.15, 0.2) is 6.20 Å². The zero-order chi connectivity index (χ0) is 13.2. The third-order valence-corrected chi connectivity index (χ3v) is 4.13. The molecule has 1 aliphatic rings. The maximum absolute atomic E-state index is 12.7. The highest BCUT2D eigenvalue weighted by atomic mass is 32.2. The Balaban J connectivity index is 2.00. The Hall–Kier alpha value is -0.690. The molecule has 1 atom stereocenters. The van der Waals surface area contributed by atoms with E-state index < -0.39 is 11.9 Å². The first-order valence-electron chi connectivity index (χ1n) is 5.87. The highest BCUT2D eigenvalue weighted by Gasteiger charge is 2.36. The van der Waals surface area contributed by atoms with Gasteiger partial charge in [-0.3, -0.25) is 4.68 Å². The number of hydrogen-bond acceptors (Lipinski definition) is 3. The molecular weight excluding hydrogens is 263 g/mol. The molecule has 0 amide bonds. The average molecular weight is 279 g/mol. The van der Waals surface area contributed by atoms with E-state index in [1.165, 1.54) is 17.9 Å². The Kier molecular flexibility index (Phi) is 4.21. The lowest BCUT2D eigenvalue weighted by Gasteiger charge is -2.22. The molecule has 18 heavy (non-hydrogen) atoms.